The van der Waals surface area contributed by atoms with E-state index in [1.54, 1.807) is 12.4 Å². The molecule has 0 aromatic carbocycles. The van der Waals surface area contributed by atoms with Gasteiger partial charge in [-0.3, -0.25) is 9.67 Å². The Bertz CT molecular complexity index is 682. The van der Waals surface area contributed by atoms with E-state index in [2.05, 4.69) is 14.8 Å². The van der Waals surface area contributed by atoms with Gasteiger partial charge in [-0.1, -0.05) is 0 Å². The first kappa shape index (κ1) is 14.6. The Kier molecular flexibility index (Phi) is 4.48. The van der Waals surface area contributed by atoms with Crippen LogP contribution in [0.3, 0.4) is 0 Å². The lowest BCUT2D eigenvalue weighted by Crippen LogP contribution is -2.23. The predicted molar refractivity (Wildman–Crippen MR) is 72.3 cm³/mol. The zero-order valence-corrected chi connectivity index (χ0v) is 11.8. The number of hydrogen-bond donors (Lipinski definition) is 2. The van der Waals surface area contributed by atoms with Gasteiger partial charge >= 0.3 is 0 Å². The standard InChI is InChI=1S/C12H16N4O3S/c1-10-2-3-13-6-11(10)7-15-20(18,19)12-8-14-16(9-12)4-5-17/h2-3,6,8-9,15,17H,4-5,7H2,1H3. The van der Waals surface area contributed by atoms with Crippen LogP contribution >= 0.6 is 0 Å². The second kappa shape index (κ2) is 6.12. The highest BCUT2D eigenvalue weighted by molar-refractivity contribution is 7.89. The van der Waals surface area contributed by atoms with Crippen LogP contribution in [0.4, 0.5) is 0 Å². The highest BCUT2D eigenvalue weighted by atomic mass is 32.2. The largest absolute Gasteiger partial charge is 0.394 e. The zero-order valence-electron chi connectivity index (χ0n) is 11.0. The summed E-state index contributed by atoms with van der Waals surface area (Å²) >= 11 is 0. The normalized spacial score (nSPS) is 11.7. The molecule has 0 atom stereocenters. The molecule has 0 radical (unpaired) electrons. The number of aromatic nitrogens is 3. The Labute approximate surface area is 117 Å². The second-order valence-electron chi connectivity index (χ2n) is 4.29. The lowest BCUT2D eigenvalue weighted by molar-refractivity contribution is 0.269. The van der Waals surface area contributed by atoms with Crippen molar-refractivity contribution in [3.8, 4) is 0 Å². The van der Waals surface area contributed by atoms with Crippen LogP contribution < -0.4 is 4.72 Å². The SMILES string of the molecule is Cc1ccncc1CNS(=O)(=O)c1cnn(CCO)c1. The molecule has 20 heavy (non-hydrogen) atoms. The molecule has 2 aromatic heterocycles. The van der Waals surface area contributed by atoms with E-state index in [0.29, 0.717) is 0 Å². The Balaban J connectivity index is 2.09. The van der Waals surface area contributed by atoms with Gasteiger partial charge in [-0.15, -0.1) is 0 Å². The molecule has 8 heteroatoms. The van der Waals surface area contributed by atoms with E-state index in [1.807, 2.05) is 13.0 Å². The molecule has 0 saturated carbocycles. The first-order chi connectivity index (χ1) is 9.53. The van der Waals surface area contributed by atoms with E-state index in [0.717, 1.165) is 11.1 Å². The summed E-state index contributed by atoms with van der Waals surface area (Å²) in [5.74, 6) is 0. The van der Waals surface area contributed by atoms with Crippen molar-refractivity contribution < 1.29 is 13.5 Å². The minimum atomic E-state index is -3.62. The van der Waals surface area contributed by atoms with Crippen molar-refractivity contribution in [1.29, 1.82) is 0 Å². The fourth-order valence-electron chi connectivity index (χ4n) is 1.65. The quantitative estimate of drug-likeness (QED) is 0.785. The first-order valence-electron chi connectivity index (χ1n) is 6.05. The number of aryl methyl sites for hydroxylation is 1. The fraction of sp³-hybridized carbons (Fsp3) is 0.333. The predicted octanol–water partition coefficient (Wildman–Crippen LogP) is 0.0573. The van der Waals surface area contributed by atoms with Crippen molar-refractivity contribution in [2.24, 2.45) is 0 Å². The molecule has 0 amide bonds. The van der Waals surface area contributed by atoms with Gasteiger partial charge in [-0.25, -0.2) is 13.1 Å². The molecule has 0 aliphatic rings. The molecule has 7 nitrogen and oxygen atoms in total. The number of hydrogen-bond acceptors (Lipinski definition) is 5. The first-order valence-corrected chi connectivity index (χ1v) is 7.54. The summed E-state index contributed by atoms with van der Waals surface area (Å²) in [6.07, 6.45) is 5.93. The van der Waals surface area contributed by atoms with E-state index in [4.69, 9.17) is 5.11 Å². The smallest absolute Gasteiger partial charge is 0.243 e. The third-order valence-corrected chi connectivity index (χ3v) is 4.20. The van der Waals surface area contributed by atoms with E-state index < -0.39 is 10.0 Å². The third-order valence-electron chi connectivity index (χ3n) is 2.85. The van der Waals surface area contributed by atoms with Gasteiger partial charge in [-0.2, -0.15) is 5.10 Å². The van der Waals surface area contributed by atoms with E-state index in [1.165, 1.54) is 17.1 Å². The zero-order chi connectivity index (χ0) is 14.6. The molecule has 0 aliphatic heterocycles. The summed E-state index contributed by atoms with van der Waals surface area (Å²) in [4.78, 5) is 4.04. The summed E-state index contributed by atoms with van der Waals surface area (Å²) < 4.78 is 28.1. The molecular weight excluding hydrogens is 280 g/mol. The van der Waals surface area contributed by atoms with Crippen molar-refractivity contribution in [2.45, 2.75) is 24.9 Å². The number of nitrogens with zero attached hydrogens (tertiary/aromatic N) is 3. The molecule has 2 heterocycles. The van der Waals surface area contributed by atoms with Crippen LogP contribution in [0, 0.1) is 6.92 Å². The molecule has 0 aliphatic carbocycles. The number of aliphatic hydroxyl groups is 1. The van der Waals surface area contributed by atoms with Crippen LogP contribution in [-0.4, -0.2) is 34.9 Å². The van der Waals surface area contributed by atoms with Gasteiger partial charge in [0.05, 0.1) is 19.3 Å². The van der Waals surface area contributed by atoms with Crippen molar-refractivity contribution >= 4 is 10.0 Å². The highest BCUT2D eigenvalue weighted by Gasteiger charge is 2.16. The molecular formula is C12H16N4O3S. The van der Waals surface area contributed by atoms with Crippen molar-refractivity contribution in [3.05, 3.63) is 42.0 Å². The lowest BCUT2D eigenvalue weighted by Gasteiger charge is -2.06. The van der Waals surface area contributed by atoms with Crippen LogP contribution in [0.1, 0.15) is 11.1 Å². The molecule has 0 saturated heterocycles. The maximum absolute atomic E-state index is 12.1. The van der Waals surface area contributed by atoms with Gasteiger partial charge in [0.1, 0.15) is 4.90 Å². The number of sulfonamides is 1. The Morgan fingerprint density at radius 1 is 1.40 bits per heavy atom. The topological polar surface area (TPSA) is 97.1 Å². The average molecular weight is 296 g/mol. The molecule has 108 valence electrons. The van der Waals surface area contributed by atoms with Gasteiger partial charge in [-0.05, 0) is 24.1 Å². The van der Waals surface area contributed by atoms with Crippen LogP contribution in [0.5, 0.6) is 0 Å². The van der Waals surface area contributed by atoms with Crippen molar-refractivity contribution in [3.63, 3.8) is 0 Å². The number of aliphatic hydroxyl groups excluding tert-OH is 1. The van der Waals surface area contributed by atoms with Gasteiger partial charge in [0.15, 0.2) is 0 Å². The molecule has 2 N–H and O–H groups in total. The Morgan fingerprint density at radius 3 is 2.90 bits per heavy atom. The summed E-state index contributed by atoms with van der Waals surface area (Å²) in [6.45, 7) is 2.23. The molecule has 0 unspecified atom stereocenters. The molecule has 0 bridgehead atoms. The monoisotopic (exact) mass is 296 g/mol. The van der Waals surface area contributed by atoms with Gasteiger partial charge in [0.25, 0.3) is 0 Å². The summed E-state index contributed by atoms with van der Waals surface area (Å²) in [5.41, 5.74) is 1.79. The van der Waals surface area contributed by atoms with Crippen molar-refractivity contribution in [2.75, 3.05) is 6.61 Å². The molecule has 2 aromatic rings. The highest BCUT2D eigenvalue weighted by Crippen LogP contribution is 2.10. The van der Waals surface area contributed by atoms with Crippen LogP contribution in [-0.2, 0) is 23.1 Å². The van der Waals surface area contributed by atoms with Crippen LogP contribution in [0.25, 0.3) is 0 Å². The van der Waals surface area contributed by atoms with Crippen LogP contribution in [0.15, 0.2) is 35.7 Å². The maximum Gasteiger partial charge on any atom is 0.243 e. The number of pyridine rings is 1. The fourth-order valence-corrected chi connectivity index (χ4v) is 2.60. The van der Waals surface area contributed by atoms with E-state index in [9.17, 15) is 8.42 Å². The second-order valence-corrected chi connectivity index (χ2v) is 6.06. The van der Waals surface area contributed by atoms with Crippen molar-refractivity contribution in [1.82, 2.24) is 19.5 Å². The molecule has 2 rings (SSSR count). The van der Waals surface area contributed by atoms with Crippen LogP contribution in [0.2, 0.25) is 0 Å². The van der Waals surface area contributed by atoms with E-state index in [-0.39, 0.29) is 24.6 Å². The minimum Gasteiger partial charge on any atom is -0.394 e. The summed E-state index contributed by atoms with van der Waals surface area (Å²) in [6, 6.07) is 1.82. The van der Waals surface area contributed by atoms with Gasteiger partial charge in [0, 0.05) is 25.1 Å². The average Bonchev–Trinajstić information content (AvgIpc) is 2.88. The minimum absolute atomic E-state index is 0.0764. The molecule has 0 fully saturated rings. The number of nitrogens with one attached hydrogen (secondary N) is 1. The number of rotatable bonds is 6. The lowest BCUT2D eigenvalue weighted by atomic mass is 10.2. The maximum atomic E-state index is 12.1. The van der Waals surface area contributed by atoms with E-state index >= 15 is 0 Å². The van der Waals surface area contributed by atoms with Gasteiger partial charge in [0.2, 0.25) is 10.0 Å². The summed E-state index contributed by atoms with van der Waals surface area (Å²) in [5, 5.41) is 12.7. The molecule has 0 spiro atoms. The Hall–Kier alpha value is -1.77. The van der Waals surface area contributed by atoms with Gasteiger partial charge < -0.3 is 5.11 Å². The third kappa shape index (κ3) is 3.41. The summed E-state index contributed by atoms with van der Waals surface area (Å²) in [7, 11) is -3.62. The Morgan fingerprint density at radius 2 is 2.20 bits per heavy atom.